The quantitative estimate of drug-likeness (QED) is 0.428. The number of hydrogen-bond acceptors (Lipinski definition) is 6. The molecule has 206 valence electrons. The zero-order valence-electron chi connectivity index (χ0n) is 24.1. The topological polar surface area (TPSA) is 80.5 Å². The number of rotatable bonds is 6. The fourth-order valence-electron chi connectivity index (χ4n) is 5.15. The molecule has 8 heteroatoms. The number of amides is 1. The van der Waals surface area contributed by atoms with Crippen molar-refractivity contribution in [3.05, 3.63) is 52.0 Å². The van der Waals surface area contributed by atoms with Crippen molar-refractivity contribution in [3.8, 4) is 16.3 Å². The molecule has 2 aromatic heterocycles. The van der Waals surface area contributed by atoms with Crippen molar-refractivity contribution in [1.29, 1.82) is 0 Å². The molecule has 0 atom stereocenters. The first-order valence-electron chi connectivity index (χ1n) is 13.4. The van der Waals surface area contributed by atoms with Gasteiger partial charge in [0, 0.05) is 46.5 Å². The summed E-state index contributed by atoms with van der Waals surface area (Å²) < 4.78 is 7.76. The molecule has 0 unspecified atom stereocenters. The fourth-order valence-corrected chi connectivity index (χ4v) is 6.23. The molecule has 1 aromatic carbocycles. The number of aromatic nitrogens is 3. The number of carbonyl (C=O) groups excluding carboxylic acids is 1. The summed E-state index contributed by atoms with van der Waals surface area (Å²) in [6.45, 7) is 16.9. The molecule has 0 radical (unpaired) electrons. The zero-order chi connectivity index (χ0) is 27.8. The Hall–Kier alpha value is -2.71. The van der Waals surface area contributed by atoms with E-state index < -0.39 is 0 Å². The number of nitrogens with zero attached hydrogens (tertiary/aromatic N) is 4. The molecule has 1 saturated heterocycles. The van der Waals surface area contributed by atoms with Gasteiger partial charge in [0.25, 0.3) is 0 Å². The first kappa shape index (κ1) is 28.3. The lowest BCUT2D eigenvalue weighted by molar-refractivity contribution is -0.132. The third kappa shape index (κ3) is 5.81. The number of aliphatic hydroxyl groups is 1. The molecular weight excluding hydrogens is 496 g/mol. The van der Waals surface area contributed by atoms with Gasteiger partial charge in [0.15, 0.2) is 0 Å². The van der Waals surface area contributed by atoms with Crippen LogP contribution in [0.1, 0.15) is 87.7 Å². The molecule has 0 aliphatic carbocycles. The average molecular weight is 539 g/mol. The van der Waals surface area contributed by atoms with E-state index in [0.29, 0.717) is 11.6 Å². The van der Waals surface area contributed by atoms with Gasteiger partial charge in [-0.2, -0.15) is 0 Å². The van der Waals surface area contributed by atoms with Crippen LogP contribution in [0.3, 0.4) is 0 Å². The number of likely N-dealkylation sites (tertiary alicyclic amines) is 1. The predicted octanol–water partition coefficient (Wildman–Crippen LogP) is 5.82. The fraction of sp³-hybridized carbons (Fsp3) is 0.567. The van der Waals surface area contributed by atoms with E-state index in [1.54, 1.807) is 24.8 Å². The van der Waals surface area contributed by atoms with Crippen LogP contribution < -0.4 is 4.74 Å². The van der Waals surface area contributed by atoms with E-state index >= 15 is 0 Å². The lowest BCUT2D eigenvalue weighted by atomic mass is 9.78. The summed E-state index contributed by atoms with van der Waals surface area (Å²) in [6, 6.07) is 4.50. The number of piperidine rings is 1. The van der Waals surface area contributed by atoms with Crippen molar-refractivity contribution in [2.24, 2.45) is 0 Å². The van der Waals surface area contributed by atoms with E-state index in [0.717, 1.165) is 47.9 Å². The van der Waals surface area contributed by atoms with Crippen molar-refractivity contribution < 1.29 is 14.6 Å². The first-order chi connectivity index (χ1) is 17.8. The van der Waals surface area contributed by atoms with E-state index in [1.165, 1.54) is 16.0 Å². The largest absolute Gasteiger partial charge is 0.496 e. The molecule has 1 amide bonds. The molecule has 7 nitrogen and oxygen atoms in total. The number of aliphatic hydroxyl groups excluding tert-OH is 1. The summed E-state index contributed by atoms with van der Waals surface area (Å²) in [5.41, 5.74) is 4.89. The molecule has 0 spiro atoms. The van der Waals surface area contributed by atoms with Gasteiger partial charge in [-0.25, -0.2) is 9.97 Å². The van der Waals surface area contributed by atoms with Crippen LogP contribution in [0.2, 0.25) is 0 Å². The van der Waals surface area contributed by atoms with Gasteiger partial charge in [-0.05, 0) is 48.6 Å². The maximum Gasteiger partial charge on any atom is 0.242 e. The number of carbonyl (C=O) groups is 1. The maximum atomic E-state index is 12.9. The Kier molecular flexibility index (Phi) is 8.05. The number of hydrogen-bond donors (Lipinski definition) is 1. The molecular formula is C30H42N4O3S. The number of methoxy groups -OCH3 is 1. The Labute approximate surface area is 230 Å². The Balaban J connectivity index is 1.50. The first-order valence-corrected chi connectivity index (χ1v) is 14.2. The summed E-state index contributed by atoms with van der Waals surface area (Å²) in [4.78, 5) is 25.2. The standard InChI is InChI=1S/C30H42N4O3S/c1-19-24(17-35)32-18-34(19)16-26(36)33-11-9-20(10-12-33)25-15-31-28(38-25)21-13-22(29(2,3)4)27(37-8)23(14-21)30(5,6)7/h13-15,18,20,35H,9-12,16-17H2,1-8H3. The van der Waals surface area contributed by atoms with Crippen molar-refractivity contribution in [1.82, 2.24) is 19.4 Å². The third-order valence-corrected chi connectivity index (χ3v) is 8.80. The molecule has 38 heavy (non-hydrogen) atoms. The van der Waals surface area contributed by atoms with Crippen LogP contribution in [-0.4, -0.2) is 50.6 Å². The van der Waals surface area contributed by atoms with Crippen LogP contribution in [0, 0.1) is 6.92 Å². The molecule has 1 fully saturated rings. The van der Waals surface area contributed by atoms with E-state index in [-0.39, 0.29) is 29.9 Å². The second-order valence-electron chi connectivity index (χ2n) is 12.4. The minimum Gasteiger partial charge on any atom is -0.496 e. The molecule has 0 saturated carbocycles. The van der Waals surface area contributed by atoms with Gasteiger partial charge in [0.05, 0.1) is 25.7 Å². The molecule has 3 heterocycles. The van der Waals surface area contributed by atoms with Gasteiger partial charge in [-0.1, -0.05) is 41.5 Å². The normalized spacial score (nSPS) is 15.2. The maximum absolute atomic E-state index is 12.9. The van der Waals surface area contributed by atoms with Crippen molar-refractivity contribution >= 4 is 17.2 Å². The van der Waals surface area contributed by atoms with E-state index in [1.807, 2.05) is 22.6 Å². The highest BCUT2D eigenvalue weighted by Gasteiger charge is 2.29. The summed E-state index contributed by atoms with van der Waals surface area (Å²) in [7, 11) is 1.76. The van der Waals surface area contributed by atoms with Crippen molar-refractivity contribution in [2.75, 3.05) is 20.2 Å². The Bertz CT molecular complexity index is 1250. The Morgan fingerprint density at radius 1 is 1.08 bits per heavy atom. The van der Waals surface area contributed by atoms with Gasteiger partial charge < -0.3 is 19.3 Å². The third-order valence-electron chi connectivity index (χ3n) is 7.59. The molecule has 3 aromatic rings. The Morgan fingerprint density at radius 3 is 2.18 bits per heavy atom. The molecule has 0 bridgehead atoms. The highest BCUT2D eigenvalue weighted by molar-refractivity contribution is 7.15. The van der Waals surface area contributed by atoms with E-state index in [9.17, 15) is 9.90 Å². The number of thiazole rings is 1. The molecule has 1 aliphatic heterocycles. The second-order valence-corrected chi connectivity index (χ2v) is 13.5. The monoisotopic (exact) mass is 538 g/mol. The molecule has 4 rings (SSSR count). The van der Waals surface area contributed by atoms with Crippen LogP contribution in [0.15, 0.2) is 24.7 Å². The van der Waals surface area contributed by atoms with Crippen LogP contribution in [0.25, 0.3) is 10.6 Å². The van der Waals surface area contributed by atoms with Crippen LogP contribution >= 0.6 is 11.3 Å². The lowest BCUT2D eigenvalue weighted by Crippen LogP contribution is -2.39. The van der Waals surface area contributed by atoms with Gasteiger partial charge in [-0.15, -0.1) is 11.3 Å². The van der Waals surface area contributed by atoms with Gasteiger partial charge >= 0.3 is 0 Å². The Morgan fingerprint density at radius 2 is 1.68 bits per heavy atom. The summed E-state index contributed by atoms with van der Waals surface area (Å²) in [5, 5.41) is 10.4. The van der Waals surface area contributed by atoms with E-state index in [2.05, 4.69) is 58.7 Å². The molecule has 1 N–H and O–H groups in total. The van der Waals surface area contributed by atoms with Crippen LogP contribution in [-0.2, 0) is 28.8 Å². The number of ether oxygens (including phenoxy) is 1. The van der Waals surface area contributed by atoms with Crippen molar-refractivity contribution in [2.45, 2.75) is 91.2 Å². The van der Waals surface area contributed by atoms with Gasteiger partial charge in [-0.3, -0.25) is 4.79 Å². The summed E-state index contributed by atoms with van der Waals surface area (Å²) in [6.07, 6.45) is 5.54. The SMILES string of the molecule is COc1c(C(C)(C)C)cc(-c2ncc(C3CCN(C(=O)Cn4cnc(CO)c4C)CC3)s2)cc1C(C)(C)C. The zero-order valence-corrected chi connectivity index (χ0v) is 24.9. The highest BCUT2D eigenvalue weighted by Crippen LogP contribution is 2.44. The van der Waals surface area contributed by atoms with Gasteiger partial charge in [0.2, 0.25) is 5.91 Å². The average Bonchev–Trinajstić information content (AvgIpc) is 3.49. The van der Waals surface area contributed by atoms with E-state index in [4.69, 9.17) is 9.72 Å². The second kappa shape index (κ2) is 10.8. The smallest absolute Gasteiger partial charge is 0.242 e. The summed E-state index contributed by atoms with van der Waals surface area (Å²) in [5.74, 6) is 1.48. The minimum absolute atomic E-state index is 0.0598. The predicted molar refractivity (Wildman–Crippen MR) is 153 cm³/mol. The highest BCUT2D eigenvalue weighted by atomic mass is 32.1. The number of benzene rings is 1. The summed E-state index contributed by atoms with van der Waals surface area (Å²) >= 11 is 1.77. The number of imidazole rings is 1. The van der Waals surface area contributed by atoms with Crippen molar-refractivity contribution in [3.63, 3.8) is 0 Å². The van der Waals surface area contributed by atoms with Gasteiger partial charge in [0.1, 0.15) is 17.3 Å². The lowest BCUT2D eigenvalue weighted by Gasteiger charge is -2.31. The molecule has 1 aliphatic rings. The van der Waals surface area contributed by atoms with Crippen LogP contribution in [0.4, 0.5) is 0 Å². The van der Waals surface area contributed by atoms with Crippen LogP contribution in [0.5, 0.6) is 5.75 Å². The minimum atomic E-state index is -0.110.